The fraction of sp³-hybridized carbons (Fsp3) is 0.182. The molecule has 0 aliphatic heterocycles. The van der Waals surface area contributed by atoms with Gasteiger partial charge in [-0.1, -0.05) is 0 Å². The summed E-state index contributed by atoms with van der Waals surface area (Å²) in [5.41, 5.74) is -1.33. The van der Waals surface area contributed by atoms with Crippen LogP contribution in [0, 0.1) is 5.82 Å². The smallest absolute Gasteiger partial charge is 0.417 e. The van der Waals surface area contributed by atoms with Crippen molar-refractivity contribution >= 4 is 17.3 Å². The first-order valence-corrected chi connectivity index (χ1v) is 6.04. The fourth-order valence-corrected chi connectivity index (χ4v) is 2.22. The Bertz CT molecular complexity index is 654. The van der Waals surface area contributed by atoms with Crippen LogP contribution >= 0.6 is 11.3 Å². The first-order chi connectivity index (χ1) is 9.27. The summed E-state index contributed by atoms with van der Waals surface area (Å²) in [6, 6.07) is 0.334. The van der Waals surface area contributed by atoms with Crippen molar-refractivity contribution in [2.45, 2.75) is 12.6 Å². The van der Waals surface area contributed by atoms with Crippen LogP contribution in [-0.4, -0.2) is 21.0 Å². The summed E-state index contributed by atoms with van der Waals surface area (Å²) in [6.07, 6.45) is -4.51. The molecule has 20 heavy (non-hydrogen) atoms. The molecule has 0 unspecified atom stereocenters. The maximum Gasteiger partial charge on any atom is 0.417 e. The van der Waals surface area contributed by atoms with Gasteiger partial charge in [0, 0.05) is 11.6 Å². The minimum absolute atomic E-state index is 0.0347. The molecule has 2 heterocycles. The molecular weight excluding hydrogens is 300 g/mol. The number of rotatable bonds is 3. The van der Waals surface area contributed by atoms with Crippen molar-refractivity contribution in [3.05, 3.63) is 34.7 Å². The van der Waals surface area contributed by atoms with Crippen molar-refractivity contribution in [2.24, 2.45) is 0 Å². The molecule has 0 fully saturated rings. The van der Waals surface area contributed by atoms with E-state index in [1.165, 1.54) is 5.38 Å². The van der Waals surface area contributed by atoms with Crippen LogP contribution in [0.15, 0.2) is 17.6 Å². The number of hydrogen-bond acceptors (Lipinski definition) is 4. The first-order valence-electron chi connectivity index (χ1n) is 5.16. The second-order valence-corrected chi connectivity index (χ2v) is 4.62. The molecule has 0 aromatic carbocycles. The molecule has 0 bridgehead atoms. The highest BCUT2D eigenvalue weighted by atomic mass is 32.1. The number of carboxylic acids is 1. The van der Waals surface area contributed by atoms with E-state index in [2.05, 4.69) is 9.97 Å². The Morgan fingerprint density at radius 3 is 2.65 bits per heavy atom. The Balaban J connectivity index is 2.34. The standard InChI is InChI=1S/C11H6F4N2O2S/c12-7-1-5(11(13,14)15)3-16-9(7)10-17-6(4-20-10)2-8(18)19/h1,3-4H,2H2,(H,18,19). The Morgan fingerprint density at radius 1 is 1.40 bits per heavy atom. The Morgan fingerprint density at radius 2 is 2.10 bits per heavy atom. The Labute approximate surface area is 113 Å². The number of thiazole rings is 1. The fourth-order valence-electron chi connectivity index (χ4n) is 1.40. The van der Waals surface area contributed by atoms with E-state index < -0.39 is 23.5 Å². The summed E-state index contributed by atoms with van der Waals surface area (Å²) in [7, 11) is 0. The van der Waals surface area contributed by atoms with Gasteiger partial charge in [0.25, 0.3) is 0 Å². The average Bonchev–Trinajstić information content (AvgIpc) is 2.75. The van der Waals surface area contributed by atoms with Gasteiger partial charge in [-0.15, -0.1) is 11.3 Å². The van der Waals surface area contributed by atoms with Crippen molar-refractivity contribution in [1.82, 2.24) is 9.97 Å². The topological polar surface area (TPSA) is 63.1 Å². The molecule has 0 amide bonds. The molecule has 2 aromatic rings. The van der Waals surface area contributed by atoms with E-state index in [9.17, 15) is 22.4 Å². The predicted octanol–water partition coefficient (Wildman–Crippen LogP) is 2.99. The molecule has 0 aliphatic rings. The van der Waals surface area contributed by atoms with E-state index in [-0.39, 0.29) is 22.8 Å². The van der Waals surface area contributed by atoms with Gasteiger partial charge in [-0.2, -0.15) is 13.2 Å². The van der Waals surface area contributed by atoms with Gasteiger partial charge in [-0.05, 0) is 6.07 Å². The molecule has 0 spiro atoms. The van der Waals surface area contributed by atoms with Gasteiger partial charge >= 0.3 is 12.1 Å². The van der Waals surface area contributed by atoms with E-state index in [1.807, 2.05) is 0 Å². The molecule has 0 radical (unpaired) electrons. The van der Waals surface area contributed by atoms with Gasteiger partial charge in [0.1, 0.15) is 10.7 Å². The van der Waals surface area contributed by atoms with Crippen molar-refractivity contribution in [3.63, 3.8) is 0 Å². The summed E-state index contributed by atoms with van der Waals surface area (Å²) in [6.45, 7) is 0. The summed E-state index contributed by atoms with van der Waals surface area (Å²) >= 11 is 0.914. The van der Waals surface area contributed by atoms with E-state index >= 15 is 0 Å². The number of nitrogens with zero attached hydrogens (tertiary/aromatic N) is 2. The number of aromatic nitrogens is 2. The Kier molecular flexibility index (Phi) is 3.71. The van der Waals surface area contributed by atoms with Crippen LogP contribution in [0.1, 0.15) is 11.3 Å². The van der Waals surface area contributed by atoms with Gasteiger partial charge in [0.15, 0.2) is 5.82 Å². The van der Waals surface area contributed by atoms with Crippen LogP contribution in [0.5, 0.6) is 0 Å². The van der Waals surface area contributed by atoms with E-state index in [0.717, 1.165) is 11.3 Å². The molecular formula is C11H6F4N2O2S. The molecule has 0 saturated heterocycles. The monoisotopic (exact) mass is 306 g/mol. The van der Waals surface area contributed by atoms with Crippen LogP contribution in [0.2, 0.25) is 0 Å². The highest BCUT2D eigenvalue weighted by Gasteiger charge is 2.32. The zero-order valence-electron chi connectivity index (χ0n) is 9.61. The lowest BCUT2D eigenvalue weighted by Gasteiger charge is -2.06. The summed E-state index contributed by atoms with van der Waals surface area (Å²) < 4.78 is 50.7. The first kappa shape index (κ1) is 14.4. The third kappa shape index (κ3) is 3.10. The zero-order chi connectivity index (χ0) is 14.9. The van der Waals surface area contributed by atoms with Gasteiger partial charge in [-0.25, -0.2) is 14.4 Å². The molecule has 0 atom stereocenters. The average molecular weight is 306 g/mol. The van der Waals surface area contributed by atoms with Crippen LogP contribution < -0.4 is 0 Å². The molecule has 106 valence electrons. The molecule has 1 N–H and O–H groups in total. The second-order valence-electron chi connectivity index (χ2n) is 3.77. The van der Waals surface area contributed by atoms with E-state index in [1.54, 1.807) is 0 Å². The van der Waals surface area contributed by atoms with Crippen molar-refractivity contribution in [3.8, 4) is 10.7 Å². The minimum Gasteiger partial charge on any atom is -0.481 e. The normalized spacial score (nSPS) is 11.6. The number of pyridine rings is 1. The van der Waals surface area contributed by atoms with Crippen molar-refractivity contribution < 1.29 is 27.5 Å². The SMILES string of the molecule is O=C(O)Cc1csc(-c2ncc(C(F)(F)F)cc2F)n1. The third-order valence-electron chi connectivity index (χ3n) is 2.26. The molecule has 2 aromatic heterocycles. The van der Waals surface area contributed by atoms with Crippen LogP contribution in [0.4, 0.5) is 17.6 Å². The van der Waals surface area contributed by atoms with E-state index in [4.69, 9.17) is 5.11 Å². The maximum atomic E-state index is 13.6. The predicted molar refractivity (Wildman–Crippen MR) is 61.6 cm³/mol. The van der Waals surface area contributed by atoms with E-state index in [0.29, 0.717) is 12.3 Å². The number of halogens is 4. The van der Waals surface area contributed by atoms with Crippen molar-refractivity contribution in [1.29, 1.82) is 0 Å². The summed E-state index contributed by atoms with van der Waals surface area (Å²) in [4.78, 5) is 17.7. The van der Waals surface area contributed by atoms with Gasteiger partial charge in [-0.3, -0.25) is 4.79 Å². The molecule has 4 nitrogen and oxygen atoms in total. The maximum absolute atomic E-state index is 13.6. The summed E-state index contributed by atoms with van der Waals surface area (Å²) in [5, 5.41) is 10.0. The quantitative estimate of drug-likeness (QED) is 0.886. The highest BCUT2D eigenvalue weighted by Crippen LogP contribution is 2.32. The lowest BCUT2D eigenvalue weighted by molar-refractivity contribution is -0.138. The number of alkyl halides is 3. The highest BCUT2D eigenvalue weighted by molar-refractivity contribution is 7.13. The van der Waals surface area contributed by atoms with Gasteiger partial charge < -0.3 is 5.11 Å². The number of carbonyl (C=O) groups is 1. The Hall–Kier alpha value is -2.03. The van der Waals surface area contributed by atoms with Crippen LogP contribution in [-0.2, 0) is 17.4 Å². The number of aliphatic carboxylic acids is 1. The number of carboxylic acid groups (broad SMARTS) is 1. The van der Waals surface area contributed by atoms with Gasteiger partial charge in [0.2, 0.25) is 0 Å². The molecule has 2 rings (SSSR count). The van der Waals surface area contributed by atoms with Crippen LogP contribution in [0.3, 0.4) is 0 Å². The minimum atomic E-state index is -4.68. The largest absolute Gasteiger partial charge is 0.481 e. The number of hydrogen-bond donors (Lipinski definition) is 1. The third-order valence-corrected chi connectivity index (χ3v) is 3.15. The molecule has 9 heteroatoms. The van der Waals surface area contributed by atoms with Crippen molar-refractivity contribution in [2.75, 3.05) is 0 Å². The molecule has 0 saturated carbocycles. The summed E-state index contributed by atoms with van der Waals surface area (Å²) in [5.74, 6) is -2.27. The van der Waals surface area contributed by atoms with Gasteiger partial charge in [0.05, 0.1) is 17.7 Å². The zero-order valence-corrected chi connectivity index (χ0v) is 10.4. The second kappa shape index (κ2) is 5.16. The molecule has 0 aliphatic carbocycles. The lowest BCUT2D eigenvalue weighted by atomic mass is 10.2. The lowest BCUT2D eigenvalue weighted by Crippen LogP contribution is -2.07. The van der Waals surface area contributed by atoms with Crippen LogP contribution in [0.25, 0.3) is 10.7 Å².